The monoisotopic (exact) mass is 464 g/mol. The van der Waals surface area contributed by atoms with Crippen molar-refractivity contribution in [2.75, 3.05) is 32.1 Å². The van der Waals surface area contributed by atoms with E-state index in [0.29, 0.717) is 17.7 Å². The van der Waals surface area contributed by atoms with E-state index in [9.17, 15) is 22.8 Å². The van der Waals surface area contributed by atoms with Gasteiger partial charge in [-0.25, -0.2) is 0 Å². The molecule has 0 unspecified atom stereocenters. The minimum atomic E-state index is -4.45. The van der Waals surface area contributed by atoms with E-state index in [-0.39, 0.29) is 29.7 Å². The minimum absolute atomic E-state index is 0.0155. The van der Waals surface area contributed by atoms with Crippen LogP contribution in [0.5, 0.6) is 11.5 Å². The normalized spacial score (nSPS) is 14.0. The molecule has 178 valence electrons. The Kier molecular flexibility index (Phi) is 8.19. The summed E-state index contributed by atoms with van der Waals surface area (Å²) in [6, 6.07) is 11.4. The number of alkyl halides is 3. The predicted octanol–water partition coefficient (Wildman–Crippen LogP) is 4.83. The van der Waals surface area contributed by atoms with Gasteiger partial charge in [-0.1, -0.05) is 12.1 Å². The van der Waals surface area contributed by atoms with Crippen LogP contribution in [-0.4, -0.2) is 49.7 Å². The molecule has 3 rings (SSSR count). The second kappa shape index (κ2) is 11.1. The number of hydrogen-bond donors (Lipinski definition) is 1. The topological polar surface area (TPSA) is 67.9 Å². The summed E-state index contributed by atoms with van der Waals surface area (Å²) >= 11 is 0. The van der Waals surface area contributed by atoms with Crippen LogP contribution in [-0.2, 0) is 11.2 Å². The number of rotatable bonds is 8. The van der Waals surface area contributed by atoms with Crippen LogP contribution in [0.4, 0.5) is 18.9 Å². The molecule has 1 aliphatic heterocycles. The Labute approximate surface area is 190 Å². The highest BCUT2D eigenvalue weighted by atomic mass is 19.4. The molecule has 0 aliphatic carbocycles. The zero-order valence-electron chi connectivity index (χ0n) is 18.4. The van der Waals surface area contributed by atoms with E-state index in [1.165, 1.54) is 13.2 Å². The Morgan fingerprint density at radius 3 is 2.48 bits per heavy atom. The molecule has 1 aliphatic rings. The lowest BCUT2D eigenvalue weighted by molar-refractivity contribution is -0.153. The maximum absolute atomic E-state index is 12.7. The summed E-state index contributed by atoms with van der Waals surface area (Å²) in [6.45, 7) is 0.0856. The molecule has 0 saturated carbocycles. The molecule has 1 fully saturated rings. The summed E-state index contributed by atoms with van der Waals surface area (Å²) in [7, 11) is 1.34. The smallest absolute Gasteiger partial charge is 0.422 e. The van der Waals surface area contributed by atoms with Gasteiger partial charge in [0, 0.05) is 30.8 Å². The zero-order chi connectivity index (χ0) is 23.8. The number of carbonyl (C=O) groups is 2. The van der Waals surface area contributed by atoms with Gasteiger partial charge >= 0.3 is 6.18 Å². The Hall–Kier alpha value is -3.23. The van der Waals surface area contributed by atoms with Crippen LogP contribution in [0.25, 0.3) is 0 Å². The van der Waals surface area contributed by atoms with Crippen LogP contribution >= 0.6 is 0 Å². The maximum Gasteiger partial charge on any atom is 0.422 e. The molecule has 2 aromatic carbocycles. The number of likely N-dealkylation sites (tertiary alicyclic amines) is 1. The number of halogens is 3. The Morgan fingerprint density at radius 1 is 1.03 bits per heavy atom. The van der Waals surface area contributed by atoms with Crippen LogP contribution in [0.1, 0.15) is 41.6 Å². The third-order valence-corrected chi connectivity index (χ3v) is 5.30. The largest absolute Gasteiger partial charge is 0.493 e. The molecule has 9 heteroatoms. The standard InChI is InChI=1S/C24H27F3N2O4/c1-32-21-14-17(8-10-20(21)33-16-24(25,26)27)9-11-22(30)28-19-7-5-6-18(15-19)23(31)29-12-3-2-4-13-29/h5-8,10,14-15H,2-4,9,11-13,16H2,1H3,(H,28,30). The molecule has 0 aromatic heterocycles. The summed E-state index contributed by atoms with van der Waals surface area (Å²) in [4.78, 5) is 26.9. The van der Waals surface area contributed by atoms with E-state index in [0.717, 1.165) is 37.9 Å². The Bertz CT molecular complexity index is 972. The third kappa shape index (κ3) is 7.40. The molecule has 0 bridgehead atoms. The van der Waals surface area contributed by atoms with Crippen molar-refractivity contribution in [1.82, 2.24) is 4.90 Å². The van der Waals surface area contributed by atoms with Crippen molar-refractivity contribution in [3.8, 4) is 11.5 Å². The van der Waals surface area contributed by atoms with Gasteiger partial charge in [-0.2, -0.15) is 13.2 Å². The summed E-state index contributed by atoms with van der Waals surface area (Å²) in [5.74, 6) is -0.126. The van der Waals surface area contributed by atoms with Gasteiger partial charge in [0.15, 0.2) is 18.1 Å². The number of hydrogen-bond acceptors (Lipinski definition) is 4. The van der Waals surface area contributed by atoms with Crippen LogP contribution in [0.2, 0.25) is 0 Å². The molecular weight excluding hydrogens is 437 g/mol. The highest BCUT2D eigenvalue weighted by molar-refractivity contribution is 5.97. The molecule has 2 aromatic rings. The van der Waals surface area contributed by atoms with Crippen LogP contribution in [0, 0.1) is 0 Å². The van der Waals surface area contributed by atoms with Crippen molar-refractivity contribution < 1.29 is 32.2 Å². The summed E-state index contributed by atoms with van der Waals surface area (Å²) in [5, 5.41) is 2.80. The minimum Gasteiger partial charge on any atom is -0.493 e. The number of carbonyl (C=O) groups excluding carboxylic acids is 2. The first-order chi connectivity index (χ1) is 15.7. The number of piperidine rings is 1. The fourth-order valence-corrected chi connectivity index (χ4v) is 3.64. The molecular formula is C24H27F3N2O4. The molecule has 1 saturated heterocycles. The highest BCUT2D eigenvalue weighted by Gasteiger charge is 2.29. The van der Waals surface area contributed by atoms with Crippen LogP contribution in [0.3, 0.4) is 0 Å². The van der Waals surface area contributed by atoms with Gasteiger partial charge in [0.25, 0.3) is 5.91 Å². The molecule has 1 heterocycles. The number of nitrogens with zero attached hydrogens (tertiary/aromatic N) is 1. The first kappa shape index (κ1) is 24.4. The lowest BCUT2D eigenvalue weighted by Gasteiger charge is -2.26. The van der Waals surface area contributed by atoms with Gasteiger partial charge in [-0.15, -0.1) is 0 Å². The van der Waals surface area contributed by atoms with Crippen molar-refractivity contribution >= 4 is 17.5 Å². The first-order valence-electron chi connectivity index (χ1n) is 10.8. The van der Waals surface area contributed by atoms with Gasteiger partial charge in [0.2, 0.25) is 5.91 Å². The van der Waals surface area contributed by atoms with Gasteiger partial charge in [0.05, 0.1) is 7.11 Å². The number of amides is 2. The second-order valence-corrected chi connectivity index (χ2v) is 7.87. The van der Waals surface area contributed by atoms with Crippen molar-refractivity contribution in [2.45, 2.75) is 38.3 Å². The Morgan fingerprint density at radius 2 is 1.79 bits per heavy atom. The molecule has 6 nitrogen and oxygen atoms in total. The summed E-state index contributed by atoms with van der Waals surface area (Å²) in [6.07, 6.45) is -0.804. The lowest BCUT2D eigenvalue weighted by atomic mass is 10.1. The molecule has 0 radical (unpaired) electrons. The first-order valence-corrected chi connectivity index (χ1v) is 10.8. The van der Waals surface area contributed by atoms with E-state index in [1.807, 2.05) is 4.90 Å². The number of methoxy groups -OCH3 is 1. The zero-order valence-corrected chi connectivity index (χ0v) is 18.4. The summed E-state index contributed by atoms with van der Waals surface area (Å²) in [5.41, 5.74) is 1.79. The van der Waals surface area contributed by atoms with Gasteiger partial charge in [-0.05, 0) is 61.6 Å². The van der Waals surface area contributed by atoms with Gasteiger partial charge < -0.3 is 19.7 Å². The number of anilines is 1. The van der Waals surface area contributed by atoms with Gasteiger partial charge in [0.1, 0.15) is 0 Å². The number of ether oxygens (including phenoxy) is 2. The van der Waals surface area contributed by atoms with Crippen molar-refractivity contribution in [2.24, 2.45) is 0 Å². The van der Waals surface area contributed by atoms with E-state index < -0.39 is 12.8 Å². The van der Waals surface area contributed by atoms with E-state index >= 15 is 0 Å². The molecule has 0 spiro atoms. The van der Waals surface area contributed by atoms with E-state index in [4.69, 9.17) is 9.47 Å². The molecule has 2 amide bonds. The van der Waals surface area contributed by atoms with Gasteiger partial charge in [-0.3, -0.25) is 9.59 Å². The van der Waals surface area contributed by atoms with Crippen LogP contribution in [0.15, 0.2) is 42.5 Å². The molecule has 33 heavy (non-hydrogen) atoms. The van der Waals surface area contributed by atoms with E-state index in [2.05, 4.69) is 5.32 Å². The quantitative estimate of drug-likeness (QED) is 0.608. The van der Waals surface area contributed by atoms with E-state index in [1.54, 1.807) is 36.4 Å². The number of benzene rings is 2. The Balaban J connectivity index is 1.55. The van der Waals surface area contributed by atoms with Crippen molar-refractivity contribution in [1.29, 1.82) is 0 Å². The average molecular weight is 464 g/mol. The molecule has 0 atom stereocenters. The number of aryl methyl sites for hydroxylation is 1. The third-order valence-electron chi connectivity index (χ3n) is 5.30. The molecule has 1 N–H and O–H groups in total. The van der Waals surface area contributed by atoms with Crippen molar-refractivity contribution in [3.05, 3.63) is 53.6 Å². The number of nitrogens with one attached hydrogen (secondary N) is 1. The fraction of sp³-hybridized carbons (Fsp3) is 0.417. The summed E-state index contributed by atoms with van der Waals surface area (Å²) < 4.78 is 47.0. The average Bonchev–Trinajstić information content (AvgIpc) is 2.81. The SMILES string of the molecule is COc1cc(CCC(=O)Nc2cccc(C(=O)N3CCCCC3)c2)ccc1OCC(F)(F)F. The van der Waals surface area contributed by atoms with Crippen LogP contribution < -0.4 is 14.8 Å². The highest BCUT2D eigenvalue weighted by Crippen LogP contribution is 2.30. The fourth-order valence-electron chi connectivity index (χ4n) is 3.64. The van der Waals surface area contributed by atoms with Crippen molar-refractivity contribution in [3.63, 3.8) is 0 Å². The maximum atomic E-state index is 12.7. The lowest BCUT2D eigenvalue weighted by Crippen LogP contribution is -2.35. The second-order valence-electron chi connectivity index (χ2n) is 7.87. The predicted molar refractivity (Wildman–Crippen MR) is 118 cm³/mol.